The number of aryl methyl sites for hydroxylation is 1. The van der Waals surface area contributed by atoms with Crippen LogP contribution in [0.3, 0.4) is 0 Å². The van der Waals surface area contributed by atoms with E-state index < -0.39 is 5.97 Å². The van der Waals surface area contributed by atoms with Crippen molar-refractivity contribution in [2.45, 2.75) is 52.5 Å². The molecule has 3 N–H and O–H groups in total. The standard InChI is InChI=1S/C16H24N2O3/c1-5-16(6-2,7-3)18-15(21)17-13-10-12(14(19)20)9-8-11(13)4/h8-10H,5-7H2,1-4H3,(H,19,20)(H2,17,18,21). The number of carbonyl (C=O) groups excluding carboxylic acids is 1. The van der Waals surface area contributed by atoms with Crippen LogP contribution in [0.25, 0.3) is 0 Å². The number of rotatable bonds is 6. The topological polar surface area (TPSA) is 78.4 Å². The van der Waals surface area contributed by atoms with Crippen molar-refractivity contribution in [2.24, 2.45) is 0 Å². The van der Waals surface area contributed by atoms with Crippen LogP contribution in [0.4, 0.5) is 10.5 Å². The maximum Gasteiger partial charge on any atom is 0.335 e. The van der Waals surface area contributed by atoms with E-state index in [4.69, 9.17) is 5.11 Å². The lowest BCUT2D eigenvalue weighted by Crippen LogP contribution is -2.48. The molecule has 5 nitrogen and oxygen atoms in total. The summed E-state index contributed by atoms with van der Waals surface area (Å²) in [7, 11) is 0. The zero-order chi connectivity index (χ0) is 16.0. The van der Waals surface area contributed by atoms with Gasteiger partial charge in [-0.3, -0.25) is 0 Å². The summed E-state index contributed by atoms with van der Waals surface area (Å²) in [4.78, 5) is 23.2. The molecule has 0 saturated heterocycles. The van der Waals surface area contributed by atoms with Crippen molar-refractivity contribution in [1.29, 1.82) is 0 Å². The summed E-state index contributed by atoms with van der Waals surface area (Å²) < 4.78 is 0. The zero-order valence-corrected chi connectivity index (χ0v) is 13.1. The third-order valence-electron chi connectivity index (χ3n) is 4.14. The molecule has 0 radical (unpaired) electrons. The van der Waals surface area contributed by atoms with Gasteiger partial charge in [0.2, 0.25) is 0 Å². The second-order valence-electron chi connectivity index (χ2n) is 5.25. The van der Waals surface area contributed by atoms with Gasteiger partial charge >= 0.3 is 12.0 Å². The van der Waals surface area contributed by atoms with E-state index >= 15 is 0 Å². The van der Waals surface area contributed by atoms with Crippen molar-refractivity contribution in [1.82, 2.24) is 5.32 Å². The normalized spacial score (nSPS) is 11.0. The maximum atomic E-state index is 12.2. The molecule has 0 atom stereocenters. The van der Waals surface area contributed by atoms with Crippen LogP contribution >= 0.6 is 0 Å². The average Bonchev–Trinajstić information content (AvgIpc) is 2.47. The van der Waals surface area contributed by atoms with Crippen molar-refractivity contribution in [2.75, 3.05) is 5.32 Å². The molecule has 0 aliphatic heterocycles. The Morgan fingerprint density at radius 1 is 1.14 bits per heavy atom. The highest BCUT2D eigenvalue weighted by Crippen LogP contribution is 2.21. The highest BCUT2D eigenvalue weighted by atomic mass is 16.4. The Labute approximate surface area is 125 Å². The van der Waals surface area contributed by atoms with Gasteiger partial charge in [-0.1, -0.05) is 26.8 Å². The lowest BCUT2D eigenvalue weighted by molar-refractivity contribution is 0.0697. The Morgan fingerprint density at radius 3 is 2.19 bits per heavy atom. The molecule has 0 aromatic heterocycles. The van der Waals surface area contributed by atoms with E-state index in [-0.39, 0.29) is 17.1 Å². The van der Waals surface area contributed by atoms with Gasteiger partial charge in [0.1, 0.15) is 0 Å². The summed E-state index contributed by atoms with van der Waals surface area (Å²) in [5, 5.41) is 14.8. The number of benzene rings is 1. The molecule has 0 unspecified atom stereocenters. The van der Waals surface area contributed by atoms with Crippen molar-refractivity contribution in [3.05, 3.63) is 29.3 Å². The van der Waals surface area contributed by atoms with Crippen molar-refractivity contribution >= 4 is 17.7 Å². The highest BCUT2D eigenvalue weighted by molar-refractivity contribution is 5.94. The predicted octanol–water partition coefficient (Wildman–Crippen LogP) is 3.78. The molecule has 0 aliphatic rings. The van der Waals surface area contributed by atoms with Gasteiger partial charge in [-0.15, -0.1) is 0 Å². The summed E-state index contributed by atoms with van der Waals surface area (Å²) in [6.07, 6.45) is 2.55. The zero-order valence-electron chi connectivity index (χ0n) is 13.1. The van der Waals surface area contributed by atoms with Crippen molar-refractivity contribution in [3.8, 4) is 0 Å². The van der Waals surface area contributed by atoms with Crippen LogP contribution in [0.5, 0.6) is 0 Å². The lowest BCUT2D eigenvalue weighted by atomic mass is 9.90. The number of carboxylic acids is 1. The summed E-state index contributed by atoms with van der Waals surface area (Å²) in [5.74, 6) is -1.01. The first-order valence-electron chi connectivity index (χ1n) is 7.30. The van der Waals surface area contributed by atoms with E-state index in [0.717, 1.165) is 24.8 Å². The molecule has 0 spiro atoms. The second-order valence-corrected chi connectivity index (χ2v) is 5.25. The number of aromatic carboxylic acids is 1. The lowest BCUT2D eigenvalue weighted by Gasteiger charge is -2.31. The largest absolute Gasteiger partial charge is 0.478 e. The summed E-state index contributed by atoms with van der Waals surface area (Å²) in [5.41, 5.74) is 1.28. The van der Waals surface area contributed by atoms with Gasteiger partial charge in [-0.2, -0.15) is 0 Å². The molecule has 0 fully saturated rings. The fourth-order valence-corrected chi connectivity index (χ4v) is 2.30. The molecule has 0 bridgehead atoms. The van der Waals surface area contributed by atoms with Gasteiger partial charge in [0.15, 0.2) is 0 Å². The number of anilines is 1. The molecular weight excluding hydrogens is 268 g/mol. The first-order chi connectivity index (χ1) is 9.87. The van der Waals surface area contributed by atoms with E-state index in [1.165, 1.54) is 12.1 Å². The van der Waals surface area contributed by atoms with Gasteiger partial charge in [-0.25, -0.2) is 9.59 Å². The SMILES string of the molecule is CCC(CC)(CC)NC(=O)Nc1cc(C(=O)O)ccc1C. The molecule has 1 aromatic rings. The van der Waals surface area contributed by atoms with Crippen LogP contribution in [0.1, 0.15) is 56.0 Å². The fourth-order valence-electron chi connectivity index (χ4n) is 2.30. The Balaban J connectivity index is 2.88. The fraction of sp³-hybridized carbons (Fsp3) is 0.500. The summed E-state index contributed by atoms with van der Waals surface area (Å²) in [6.45, 7) is 7.96. The minimum atomic E-state index is -1.01. The minimum absolute atomic E-state index is 0.156. The number of carboxylic acid groups (broad SMARTS) is 1. The number of hydrogen-bond donors (Lipinski definition) is 3. The molecule has 1 rings (SSSR count). The summed E-state index contributed by atoms with van der Waals surface area (Å²) in [6, 6.07) is 4.38. The third-order valence-corrected chi connectivity index (χ3v) is 4.14. The van der Waals surface area contributed by atoms with E-state index in [2.05, 4.69) is 10.6 Å². The number of amides is 2. The van der Waals surface area contributed by atoms with E-state index in [9.17, 15) is 9.59 Å². The van der Waals surface area contributed by atoms with E-state index in [1.54, 1.807) is 6.07 Å². The Bertz CT molecular complexity index is 514. The molecule has 0 heterocycles. The molecule has 0 aliphatic carbocycles. The molecule has 2 amide bonds. The van der Waals surface area contributed by atoms with Gasteiger partial charge < -0.3 is 15.7 Å². The van der Waals surface area contributed by atoms with Crippen LogP contribution in [-0.4, -0.2) is 22.6 Å². The molecule has 5 heteroatoms. The van der Waals surface area contributed by atoms with Gasteiger partial charge in [0, 0.05) is 11.2 Å². The van der Waals surface area contributed by atoms with Crippen molar-refractivity contribution < 1.29 is 14.7 Å². The van der Waals surface area contributed by atoms with Crippen LogP contribution < -0.4 is 10.6 Å². The second kappa shape index (κ2) is 7.11. The number of nitrogens with one attached hydrogen (secondary N) is 2. The van der Waals surface area contributed by atoms with Crippen LogP contribution in [-0.2, 0) is 0 Å². The Kier molecular flexibility index (Phi) is 5.76. The molecule has 21 heavy (non-hydrogen) atoms. The first kappa shape index (κ1) is 17.0. The smallest absolute Gasteiger partial charge is 0.335 e. The number of urea groups is 1. The van der Waals surface area contributed by atoms with E-state index in [1.807, 2.05) is 27.7 Å². The minimum Gasteiger partial charge on any atom is -0.478 e. The third kappa shape index (κ3) is 4.21. The molecule has 116 valence electrons. The van der Waals surface area contributed by atoms with Crippen LogP contribution in [0, 0.1) is 6.92 Å². The monoisotopic (exact) mass is 292 g/mol. The van der Waals surface area contributed by atoms with Crippen LogP contribution in [0.2, 0.25) is 0 Å². The molecular formula is C16H24N2O3. The highest BCUT2D eigenvalue weighted by Gasteiger charge is 2.25. The summed E-state index contributed by atoms with van der Waals surface area (Å²) >= 11 is 0. The van der Waals surface area contributed by atoms with Gasteiger partial charge in [-0.05, 0) is 43.9 Å². The number of carbonyl (C=O) groups is 2. The average molecular weight is 292 g/mol. The predicted molar refractivity (Wildman–Crippen MR) is 83.9 cm³/mol. The Morgan fingerprint density at radius 2 is 1.71 bits per heavy atom. The quantitative estimate of drug-likeness (QED) is 0.746. The Hall–Kier alpha value is -2.04. The number of hydrogen-bond acceptors (Lipinski definition) is 2. The van der Waals surface area contributed by atoms with Crippen LogP contribution in [0.15, 0.2) is 18.2 Å². The van der Waals surface area contributed by atoms with Gasteiger partial charge in [0.25, 0.3) is 0 Å². The van der Waals surface area contributed by atoms with Gasteiger partial charge in [0.05, 0.1) is 5.56 Å². The van der Waals surface area contributed by atoms with E-state index in [0.29, 0.717) is 5.69 Å². The molecule has 1 aromatic carbocycles. The first-order valence-corrected chi connectivity index (χ1v) is 7.30. The van der Waals surface area contributed by atoms with Crippen molar-refractivity contribution in [3.63, 3.8) is 0 Å². The maximum absolute atomic E-state index is 12.2. The molecule has 0 saturated carbocycles.